The maximum absolute atomic E-state index is 11.9. The molecule has 0 aliphatic heterocycles. The van der Waals surface area contributed by atoms with Crippen LogP contribution >= 0.6 is 0 Å². The van der Waals surface area contributed by atoms with E-state index in [1.54, 1.807) is 12.1 Å². The number of benzene rings is 2. The number of fused-ring (bicyclic) bond motifs is 1. The summed E-state index contributed by atoms with van der Waals surface area (Å²) in [6.45, 7) is 1.62. The van der Waals surface area contributed by atoms with Gasteiger partial charge in [-0.25, -0.2) is 4.79 Å². The van der Waals surface area contributed by atoms with E-state index in [0.717, 1.165) is 10.8 Å². The molecule has 2 amide bonds. The molecule has 126 valence electrons. The molecule has 0 saturated carbocycles. The number of hydrogen-bond donors (Lipinski definition) is 3. The predicted molar refractivity (Wildman–Crippen MR) is 90.4 cm³/mol. The van der Waals surface area contributed by atoms with Crippen molar-refractivity contribution in [1.29, 1.82) is 0 Å². The summed E-state index contributed by atoms with van der Waals surface area (Å²) in [6.07, 6.45) is 1.02. The van der Waals surface area contributed by atoms with Crippen molar-refractivity contribution in [2.24, 2.45) is 0 Å². The summed E-state index contributed by atoms with van der Waals surface area (Å²) in [5.41, 5.74) is 0.481. The minimum atomic E-state index is -1.16. The lowest BCUT2D eigenvalue weighted by atomic mass is 10.0. The van der Waals surface area contributed by atoms with Gasteiger partial charge in [-0.3, -0.25) is 9.59 Å². The van der Waals surface area contributed by atoms with Crippen molar-refractivity contribution in [2.45, 2.75) is 25.8 Å². The molecule has 6 nitrogen and oxygen atoms in total. The number of amides is 2. The van der Waals surface area contributed by atoms with Crippen molar-refractivity contribution in [3.63, 3.8) is 0 Å². The summed E-state index contributed by atoms with van der Waals surface area (Å²) in [5, 5.41) is 16.2. The van der Waals surface area contributed by atoms with Crippen molar-refractivity contribution in [3.05, 3.63) is 48.0 Å². The van der Waals surface area contributed by atoms with Gasteiger partial charge < -0.3 is 15.7 Å². The van der Waals surface area contributed by atoms with Gasteiger partial charge in [-0.1, -0.05) is 43.3 Å². The number of nitrogens with one attached hydrogen (secondary N) is 2. The molecule has 1 atom stereocenters. The third kappa shape index (κ3) is 4.55. The summed E-state index contributed by atoms with van der Waals surface area (Å²) in [6, 6.07) is 11.6. The van der Waals surface area contributed by atoms with Crippen molar-refractivity contribution in [2.75, 3.05) is 6.54 Å². The fraction of sp³-hybridized carbons (Fsp3) is 0.278. The van der Waals surface area contributed by atoms with Gasteiger partial charge in [0.25, 0.3) is 0 Å². The second-order valence-electron chi connectivity index (χ2n) is 5.47. The van der Waals surface area contributed by atoms with Crippen LogP contribution in [-0.4, -0.2) is 29.4 Å². The summed E-state index contributed by atoms with van der Waals surface area (Å²) in [5.74, 6) is -1.93. The van der Waals surface area contributed by atoms with Crippen LogP contribution in [0.4, 0.5) is 0 Å². The number of carboxylic acids is 1. The molecule has 2 aromatic rings. The largest absolute Gasteiger partial charge is 0.479 e. The van der Waals surface area contributed by atoms with Crippen molar-refractivity contribution < 1.29 is 19.5 Å². The van der Waals surface area contributed by atoms with Crippen molar-refractivity contribution in [1.82, 2.24) is 10.6 Å². The lowest BCUT2D eigenvalue weighted by Crippen LogP contribution is -2.40. The standard InChI is InChI=1S/C18H20N2O4/c1-2-5-15(21)19-11-16(22)20-17(18(23)24)14-9-8-12-6-3-4-7-13(12)10-14/h3-4,6-10,17H,2,5,11H2,1H3,(H,19,21)(H,20,22)(H,23,24). The maximum Gasteiger partial charge on any atom is 0.330 e. The molecule has 0 fully saturated rings. The van der Waals surface area contributed by atoms with Crippen molar-refractivity contribution >= 4 is 28.6 Å². The van der Waals surface area contributed by atoms with E-state index in [9.17, 15) is 19.5 Å². The van der Waals surface area contributed by atoms with E-state index in [1.165, 1.54) is 0 Å². The summed E-state index contributed by atoms with van der Waals surface area (Å²) >= 11 is 0. The maximum atomic E-state index is 11.9. The Morgan fingerprint density at radius 2 is 1.75 bits per heavy atom. The van der Waals surface area contributed by atoms with Gasteiger partial charge >= 0.3 is 5.97 Å². The fourth-order valence-electron chi connectivity index (χ4n) is 2.38. The van der Waals surface area contributed by atoms with Crippen LogP contribution < -0.4 is 10.6 Å². The quantitative estimate of drug-likeness (QED) is 0.724. The Labute approximate surface area is 139 Å². The molecular weight excluding hydrogens is 308 g/mol. The van der Waals surface area contributed by atoms with E-state index >= 15 is 0 Å². The van der Waals surface area contributed by atoms with Gasteiger partial charge in [0, 0.05) is 6.42 Å². The van der Waals surface area contributed by atoms with Crippen LogP contribution in [0.5, 0.6) is 0 Å². The number of carboxylic acid groups (broad SMARTS) is 1. The topological polar surface area (TPSA) is 95.5 Å². The Morgan fingerprint density at radius 1 is 1.04 bits per heavy atom. The molecule has 1 unspecified atom stereocenters. The molecule has 0 heterocycles. The Morgan fingerprint density at radius 3 is 2.42 bits per heavy atom. The van der Waals surface area contributed by atoms with E-state index < -0.39 is 17.9 Å². The van der Waals surface area contributed by atoms with E-state index in [-0.39, 0.29) is 12.5 Å². The average molecular weight is 328 g/mol. The van der Waals surface area contributed by atoms with Gasteiger partial charge in [0.15, 0.2) is 6.04 Å². The lowest BCUT2D eigenvalue weighted by molar-refractivity contribution is -0.141. The second kappa shape index (κ2) is 8.10. The molecule has 0 saturated heterocycles. The fourth-order valence-corrected chi connectivity index (χ4v) is 2.38. The van der Waals surface area contributed by atoms with Crippen LogP contribution in [0.15, 0.2) is 42.5 Å². The highest BCUT2D eigenvalue weighted by Gasteiger charge is 2.22. The summed E-state index contributed by atoms with van der Waals surface area (Å²) in [4.78, 5) is 34.8. The van der Waals surface area contributed by atoms with Gasteiger partial charge in [0.05, 0.1) is 6.54 Å². The zero-order valence-corrected chi connectivity index (χ0v) is 13.4. The van der Waals surface area contributed by atoms with Crippen LogP contribution in [0.1, 0.15) is 31.4 Å². The van der Waals surface area contributed by atoms with Crippen LogP contribution in [-0.2, 0) is 14.4 Å². The zero-order valence-electron chi connectivity index (χ0n) is 13.4. The van der Waals surface area contributed by atoms with Crippen LogP contribution in [0.2, 0.25) is 0 Å². The van der Waals surface area contributed by atoms with Crippen LogP contribution in [0.25, 0.3) is 10.8 Å². The molecule has 0 bridgehead atoms. The Kier molecular flexibility index (Phi) is 5.89. The first-order valence-corrected chi connectivity index (χ1v) is 7.79. The number of carbonyl (C=O) groups is 3. The molecule has 0 spiro atoms. The van der Waals surface area contributed by atoms with Gasteiger partial charge in [-0.15, -0.1) is 0 Å². The normalized spacial score (nSPS) is 11.7. The van der Waals surface area contributed by atoms with E-state index in [0.29, 0.717) is 18.4 Å². The highest BCUT2D eigenvalue weighted by Crippen LogP contribution is 2.20. The van der Waals surface area contributed by atoms with E-state index in [4.69, 9.17) is 0 Å². The first-order valence-electron chi connectivity index (χ1n) is 7.79. The van der Waals surface area contributed by atoms with Crippen molar-refractivity contribution in [3.8, 4) is 0 Å². The monoisotopic (exact) mass is 328 g/mol. The molecule has 2 aromatic carbocycles. The number of hydrogen-bond acceptors (Lipinski definition) is 3. The van der Waals surface area contributed by atoms with Crippen LogP contribution in [0, 0.1) is 0 Å². The Bertz CT molecular complexity index is 758. The minimum Gasteiger partial charge on any atom is -0.479 e. The molecule has 0 aliphatic carbocycles. The average Bonchev–Trinajstić information content (AvgIpc) is 2.57. The SMILES string of the molecule is CCCC(=O)NCC(=O)NC(C(=O)O)c1ccc2ccccc2c1. The smallest absolute Gasteiger partial charge is 0.330 e. The summed E-state index contributed by atoms with van der Waals surface area (Å²) in [7, 11) is 0. The molecule has 0 aromatic heterocycles. The molecule has 2 rings (SSSR count). The number of carbonyl (C=O) groups excluding carboxylic acids is 2. The van der Waals surface area contributed by atoms with E-state index in [2.05, 4.69) is 10.6 Å². The predicted octanol–water partition coefficient (Wildman–Crippen LogP) is 2.00. The number of aliphatic carboxylic acids is 1. The number of rotatable bonds is 7. The summed E-state index contributed by atoms with van der Waals surface area (Å²) < 4.78 is 0. The molecule has 3 N–H and O–H groups in total. The highest BCUT2D eigenvalue weighted by atomic mass is 16.4. The zero-order chi connectivity index (χ0) is 17.5. The highest BCUT2D eigenvalue weighted by molar-refractivity contribution is 5.90. The first-order chi connectivity index (χ1) is 11.5. The van der Waals surface area contributed by atoms with Gasteiger partial charge in [-0.05, 0) is 28.8 Å². The first kappa shape index (κ1) is 17.5. The Balaban J connectivity index is 2.09. The lowest BCUT2D eigenvalue weighted by Gasteiger charge is -2.16. The van der Waals surface area contributed by atoms with Gasteiger partial charge in [0.1, 0.15) is 0 Å². The second-order valence-corrected chi connectivity index (χ2v) is 5.47. The minimum absolute atomic E-state index is 0.231. The van der Waals surface area contributed by atoms with E-state index in [1.807, 2.05) is 37.3 Å². The Hall–Kier alpha value is -2.89. The molecule has 0 aliphatic rings. The molecule has 0 radical (unpaired) electrons. The third-order valence-electron chi connectivity index (χ3n) is 3.58. The molecular formula is C18H20N2O4. The van der Waals surface area contributed by atoms with Gasteiger partial charge in [-0.2, -0.15) is 0 Å². The van der Waals surface area contributed by atoms with Gasteiger partial charge in [0.2, 0.25) is 11.8 Å². The van der Waals surface area contributed by atoms with Crippen LogP contribution in [0.3, 0.4) is 0 Å². The molecule has 24 heavy (non-hydrogen) atoms. The third-order valence-corrected chi connectivity index (χ3v) is 3.58. The molecule has 6 heteroatoms.